The van der Waals surface area contributed by atoms with E-state index in [0.29, 0.717) is 32.3 Å². The van der Waals surface area contributed by atoms with Gasteiger partial charge < -0.3 is 0 Å². The summed E-state index contributed by atoms with van der Waals surface area (Å²) >= 11 is 7.13. The van der Waals surface area contributed by atoms with Gasteiger partial charge in [0.1, 0.15) is 0 Å². The zero-order chi connectivity index (χ0) is 19.5. The van der Waals surface area contributed by atoms with Crippen molar-refractivity contribution >= 4 is 40.0 Å². The van der Waals surface area contributed by atoms with Crippen molar-refractivity contribution in [1.29, 1.82) is 0 Å². The highest BCUT2D eigenvalue weighted by Gasteiger charge is 2.15. The van der Waals surface area contributed by atoms with Gasteiger partial charge >= 0.3 is 0 Å². The van der Waals surface area contributed by atoms with Gasteiger partial charge in [-0.1, -0.05) is 53.7 Å². The SMILES string of the molecule is O=C(CSc1nc2ccccc2c(=O)n1-c1ccccc1)c1ccc(Cl)cc1. The van der Waals surface area contributed by atoms with Crippen LogP contribution in [0.25, 0.3) is 16.6 Å². The maximum atomic E-state index is 13.1. The minimum atomic E-state index is -0.154. The van der Waals surface area contributed by atoms with Crippen LogP contribution in [0.1, 0.15) is 10.4 Å². The fourth-order valence-corrected chi connectivity index (χ4v) is 3.90. The molecule has 0 N–H and O–H groups in total. The Kier molecular flexibility index (Phi) is 5.28. The van der Waals surface area contributed by atoms with Gasteiger partial charge in [-0.15, -0.1) is 0 Å². The summed E-state index contributed by atoms with van der Waals surface area (Å²) in [7, 11) is 0. The fraction of sp³-hybridized carbons (Fsp3) is 0.0455. The van der Waals surface area contributed by atoms with E-state index in [1.807, 2.05) is 42.5 Å². The summed E-state index contributed by atoms with van der Waals surface area (Å²) in [6.07, 6.45) is 0. The van der Waals surface area contributed by atoms with Gasteiger partial charge in [0, 0.05) is 10.6 Å². The highest BCUT2D eigenvalue weighted by Crippen LogP contribution is 2.22. The normalized spacial score (nSPS) is 10.9. The Morgan fingerprint density at radius 2 is 1.61 bits per heavy atom. The molecule has 3 aromatic carbocycles. The quantitative estimate of drug-likeness (QED) is 0.265. The lowest BCUT2D eigenvalue weighted by atomic mass is 10.1. The number of ketones is 1. The first-order valence-corrected chi connectivity index (χ1v) is 9.98. The zero-order valence-corrected chi connectivity index (χ0v) is 16.3. The third-order valence-corrected chi connectivity index (χ3v) is 5.45. The minimum absolute atomic E-state index is 0.0521. The maximum absolute atomic E-state index is 13.1. The van der Waals surface area contributed by atoms with Gasteiger partial charge in [0.25, 0.3) is 5.56 Å². The maximum Gasteiger partial charge on any atom is 0.266 e. The molecule has 1 heterocycles. The molecule has 0 bridgehead atoms. The molecule has 0 fully saturated rings. The van der Waals surface area contributed by atoms with E-state index in [4.69, 9.17) is 11.6 Å². The summed E-state index contributed by atoms with van der Waals surface area (Å²) in [4.78, 5) is 30.3. The molecule has 0 aliphatic rings. The summed E-state index contributed by atoms with van der Waals surface area (Å²) in [5.41, 5.74) is 1.75. The van der Waals surface area contributed by atoms with Gasteiger partial charge in [-0.3, -0.25) is 14.2 Å². The summed E-state index contributed by atoms with van der Waals surface area (Å²) in [6, 6.07) is 23.3. The van der Waals surface area contributed by atoms with Crippen LogP contribution in [0.4, 0.5) is 0 Å². The second-order valence-electron chi connectivity index (χ2n) is 6.11. The number of nitrogens with zero attached hydrogens (tertiary/aromatic N) is 2. The lowest BCUT2D eigenvalue weighted by molar-refractivity contribution is 0.102. The summed E-state index contributed by atoms with van der Waals surface area (Å²) in [6.45, 7) is 0. The smallest absolute Gasteiger partial charge is 0.266 e. The monoisotopic (exact) mass is 406 g/mol. The van der Waals surface area contributed by atoms with Crippen LogP contribution in [0.3, 0.4) is 0 Å². The van der Waals surface area contributed by atoms with Gasteiger partial charge in [0.05, 0.1) is 22.3 Å². The molecule has 0 amide bonds. The first-order chi connectivity index (χ1) is 13.6. The van der Waals surface area contributed by atoms with Crippen molar-refractivity contribution in [1.82, 2.24) is 9.55 Å². The molecule has 4 rings (SSSR count). The molecule has 138 valence electrons. The molecule has 0 radical (unpaired) electrons. The average Bonchev–Trinajstić information content (AvgIpc) is 2.73. The van der Waals surface area contributed by atoms with Crippen LogP contribution in [0.15, 0.2) is 88.8 Å². The van der Waals surface area contributed by atoms with Crippen molar-refractivity contribution in [3.05, 3.63) is 99.8 Å². The Hall–Kier alpha value is -2.89. The van der Waals surface area contributed by atoms with Crippen LogP contribution in [0, 0.1) is 0 Å². The molecule has 0 aliphatic heterocycles. The number of Topliss-reactive ketones (excluding diaryl/α,β-unsaturated/α-hetero) is 1. The molecule has 0 saturated heterocycles. The number of hydrogen-bond acceptors (Lipinski definition) is 4. The second kappa shape index (κ2) is 8.00. The Labute approximate surface area is 170 Å². The van der Waals surface area contributed by atoms with Crippen LogP contribution >= 0.6 is 23.4 Å². The van der Waals surface area contributed by atoms with Gasteiger partial charge in [0.15, 0.2) is 10.9 Å². The number of carbonyl (C=O) groups excluding carboxylic acids is 1. The number of hydrogen-bond donors (Lipinski definition) is 0. The molecule has 0 spiro atoms. The van der Waals surface area contributed by atoms with Gasteiger partial charge in [-0.25, -0.2) is 4.98 Å². The predicted octanol–water partition coefficient (Wildman–Crippen LogP) is 5.01. The van der Waals surface area contributed by atoms with E-state index >= 15 is 0 Å². The lowest BCUT2D eigenvalue weighted by Gasteiger charge is -2.13. The number of rotatable bonds is 5. The van der Waals surface area contributed by atoms with Crippen LogP contribution < -0.4 is 5.56 Å². The summed E-state index contributed by atoms with van der Waals surface area (Å²) in [5.74, 6) is 0.114. The first kappa shape index (κ1) is 18.5. The molecular formula is C22H15ClN2O2S. The molecule has 1 aromatic heterocycles. The van der Waals surface area contributed by atoms with Crippen LogP contribution in [0.2, 0.25) is 5.02 Å². The van der Waals surface area contributed by atoms with E-state index in [2.05, 4.69) is 4.98 Å². The topological polar surface area (TPSA) is 52.0 Å². The van der Waals surface area contributed by atoms with Crippen molar-refractivity contribution in [2.45, 2.75) is 5.16 Å². The zero-order valence-electron chi connectivity index (χ0n) is 14.7. The highest BCUT2D eigenvalue weighted by molar-refractivity contribution is 7.99. The van der Waals surface area contributed by atoms with E-state index in [-0.39, 0.29) is 17.1 Å². The van der Waals surface area contributed by atoms with Gasteiger partial charge in [-0.05, 0) is 48.5 Å². The fourth-order valence-electron chi connectivity index (χ4n) is 2.86. The van der Waals surface area contributed by atoms with Crippen LogP contribution in [-0.4, -0.2) is 21.1 Å². The number of para-hydroxylation sites is 2. The van der Waals surface area contributed by atoms with E-state index in [1.54, 1.807) is 41.0 Å². The molecule has 0 saturated carbocycles. The largest absolute Gasteiger partial charge is 0.293 e. The van der Waals surface area contributed by atoms with E-state index < -0.39 is 0 Å². The molecular weight excluding hydrogens is 392 g/mol. The average molecular weight is 407 g/mol. The van der Waals surface area contributed by atoms with Crippen molar-refractivity contribution in [3.8, 4) is 5.69 Å². The summed E-state index contributed by atoms with van der Waals surface area (Å²) < 4.78 is 1.56. The number of aromatic nitrogens is 2. The van der Waals surface area contributed by atoms with Crippen molar-refractivity contribution < 1.29 is 4.79 Å². The molecule has 4 aromatic rings. The Morgan fingerprint density at radius 1 is 0.929 bits per heavy atom. The Bertz CT molecular complexity index is 1200. The molecule has 0 atom stereocenters. The number of fused-ring (bicyclic) bond motifs is 1. The van der Waals surface area contributed by atoms with E-state index in [1.165, 1.54) is 11.8 Å². The van der Waals surface area contributed by atoms with Crippen molar-refractivity contribution in [2.75, 3.05) is 5.75 Å². The highest BCUT2D eigenvalue weighted by atomic mass is 35.5. The minimum Gasteiger partial charge on any atom is -0.293 e. The molecule has 0 unspecified atom stereocenters. The van der Waals surface area contributed by atoms with E-state index in [9.17, 15) is 9.59 Å². The third kappa shape index (κ3) is 3.72. The molecule has 28 heavy (non-hydrogen) atoms. The standard InChI is InChI=1S/C22H15ClN2O2S/c23-16-12-10-15(11-13-16)20(26)14-28-22-24-19-9-5-4-8-18(19)21(27)25(22)17-6-2-1-3-7-17/h1-13H,14H2. The van der Waals surface area contributed by atoms with E-state index in [0.717, 1.165) is 0 Å². The summed E-state index contributed by atoms with van der Waals surface area (Å²) in [5, 5.41) is 1.61. The van der Waals surface area contributed by atoms with Crippen molar-refractivity contribution in [2.24, 2.45) is 0 Å². The number of benzene rings is 3. The predicted molar refractivity (Wildman–Crippen MR) is 114 cm³/mol. The first-order valence-electron chi connectivity index (χ1n) is 8.62. The molecule has 4 nitrogen and oxygen atoms in total. The van der Waals surface area contributed by atoms with Crippen LogP contribution in [0.5, 0.6) is 0 Å². The molecule has 6 heteroatoms. The Balaban J connectivity index is 1.74. The number of halogens is 1. The second-order valence-corrected chi connectivity index (χ2v) is 7.49. The lowest BCUT2D eigenvalue weighted by Crippen LogP contribution is -2.22. The third-order valence-electron chi connectivity index (χ3n) is 4.26. The van der Waals surface area contributed by atoms with Crippen molar-refractivity contribution in [3.63, 3.8) is 0 Å². The number of carbonyl (C=O) groups is 1. The molecule has 0 aliphatic carbocycles. The Morgan fingerprint density at radius 3 is 2.36 bits per heavy atom. The van der Waals surface area contributed by atoms with Crippen LogP contribution in [-0.2, 0) is 0 Å². The van der Waals surface area contributed by atoms with Gasteiger partial charge in [-0.2, -0.15) is 0 Å². The number of thioether (sulfide) groups is 1. The van der Waals surface area contributed by atoms with Gasteiger partial charge in [0.2, 0.25) is 0 Å².